The van der Waals surface area contributed by atoms with E-state index in [0.717, 1.165) is 10.6 Å². The highest BCUT2D eigenvalue weighted by Crippen LogP contribution is 2.28. The number of sulfonamides is 1. The molecule has 2 amide bonds. The monoisotopic (exact) mass is 566 g/mol. The number of nitrogens with one attached hydrogen (secondary N) is 2. The first-order valence-electron chi connectivity index (χ1n) is 10.4. The summed E-state index contributed by atoms with van der Waals surface area (Å²) in [6.07, 6.45) is 0.973. The molecule has 0 aromatic heterocycles. The Labute approximate surface area is 223 Å². The van der Waals surface area contributed by atoms with Gasteiger partial charge in [0.2, 0.25) is 10.0 Å². The third-order valence-corrected chi connectivity index (χ3v) is 6.97. The average Bonchev–Trinajstić information content (AvgIpc) is 2.82. The van der Waals surface area contributed by atoms with Crippen molar-refractivity contribution in [3.8, 4) is 0 Å². The minimum Gasteiger partial charge on any atom is -0.322 e. The molecule has 3 aromatic rings. The van der Waals surface area contributed by atoms with Gasteiger partial charge >= 0.3 is 0 Å². The molecule has 2 N–H and O–H groups in total. The molecule has 0 saturated heterocycles. The van der Waals surface area contributed by atoms with E-state index in [4.69, 9.17) is 34.8 Å². The molecule has 0 bridgehead atoms. The number of hydrazone groups is 1. The zero-order valence-corrected chi connectivity index (χ0v) is 22.2. The SMILES string of the molecule is C/C(=N\NC(=O)CN(c1ccc(Cl)c(Cl)c1)S(C)(=O)=O)c1cccc(NC(=O)c2cccc(Cl)c2)c1. The molecular weight excluding hydrogens is 547 g/mol. The molecule has 0 aliphatic rings. The van der Waals surface area contributed by atoms with Gasteiger partial charge in [-0.25, -0.2) is 13.8 Å². The Morgan fingerprint density at radius 2 is 1.61 bits per heavy atom. The van der Waals surface area contributed by atoms with Crippen LogP contribution in [0.3, 0.4) is 0 Å². The number of hydrogen-bond acceptors (Lipinski definition) is 5. The lowest BCUT2D eigenvalue weighted by molar-refractivity contribution is -0.119. The summed E-state index contributed by atoms with van der Waals surface area (Å²) >= 11 is 17.8. The summed E-state index contributed by atoms with van der Waals surface area (Å²) in [4.78, 5) is 25.0. The largest absolute Gasteiger partial charge is 0.322 e. The number of carbonyl (C=O) groups is 2. The van der Waals surface area contributed by atoms with Crippen molar-refractivity contribution in [1.29, 1.82) is 0 Å². The lowest BCUT2D eigenvalue weighted by Gasteiger charge is -2.21. The Balaban J connectivity index is 1.70. The fourth-order valence-corrected chi connectivity index (χ4v) is 4.40. The Bertz CT molecular complexity index is 1440. The summed E-state index contributed by atoms with van der Waals surface area (Å²) in [5.74, 6) is -1.00. The number of carbonyl (C=O) groups excluding carboxylic acids is 2. The molecular formula is C24H21Cl3N4O4S. The second kappa shape index (κ2) is 11.7. The molecule has 0 spiro atoms. The van der Waals surface area contributed by atoms with Crippen LogP contribution in [0.1, 0.15) is 22.8 Å². The van der Waals surface area contributed by atoms with Crippen molar-refractivity contribution < 1.29 is 18.0 Å². The van der Waals surface area contributed by atoms with Gasteiger partial charge in [0, 0.05) is 16.3 Å². The molecule has 0 unspecified atom stereocenters. The normalized spacial score (nSPS) is 11.6. The van der Waals surface area contributed by atoms with Gasteiger partial charge in [-0.3, -0.25) is 13.9 Å². The fourth-order valence-electron chi connectivity index (χ4n) is 3.07. The number of nitrogens with zero attached hydrogens (tertiary/aromatic N) is 2. The van der Waals surface area contributed by atoms with Gasteiger partial charge < -0.3 is 5.32 Å². The zero-order chi connectivity index (χ0) is 26.5. The van der Waals surface area contributed by atoms with Gasteiger partial charge in [-0.05, 0) is 61.0 Å². The second-order valence-corrected chi connectivity index (χ2v) is 10.8. The molecule has 0 aliphatic carbocycles. The number of hydrogen-bond donors (Lipinski definition) is 2. The fraction of sp³-hybridized carbons (Fsp3) is 0.125. The first-order chi connectivity index (χ1) is 16.9. The van der Waals surface area contributed by atoms with Crippen LogP contribution in [0.2, 0.25) is 15.1 Å². The molecule has 0 radical (unpaired) electrons. The van der Waals surface area contributed by atoms with Crippen LogP contribution in [0.4, 0.5) is 11.4 Å². The maximum Gasteiger partial charge on any atom is 0.260 e. The van der Waals surface area contributed by atoms with E-state index < -0.39 is 22.5 Å². The summed E-state index contributed by atoms with van der Waals surface area (Å²) in [6.45, 7) is 1.13. The molecule has 3 rings (SSSR count). The lowest BCUT2D eigenvalue weighted by atomic mass is 10.1. The predicted molar refractivity (Wildman–Crippen MR) is 145 cm³/mol. The van der Waals surface area contributed by atoms with Crippen LogP contribution in [0.5, 0.6) is 0 Å². The Kier molecular flexibility index (Phi) is 8.97. The zero-order valence-electron chi connectivity index (χ0n) is 19.1. The van der Waals surface area contributed by atoms with Gasteiger partial charge in [-0.2, -0.15) is 5.10 Å². The van der Waals surface area contributed by atoms with E-state index in [-0.39, 0.29) is 21.6 Å². The number of rotatable bonds is 8. The van der Waals surface area contributed by atoms with Crippen molar-refractivity contribution in [2.24, 2.45) is 5.10 Å². The lowest BCUT2D eigenvalue weighted by Crippen LogP contribution is -2.39. The van der Waals surface area contributed by atoms with Crippen LogP contribution in [0.25, 0.3) is 0 Å². The van der Waals surface area contributed by atoms with Gasteiger partial charge in [-0.1, -0.05) is 53.0 Å². The summed E-state index contributed by atoms with van der Waals surface area (Å²) in [5, 5.41) is 7.70. The number of anilines is 2. The summed E-state index contributed by atoms with van der Waals surface area (Å²) < 4.78 is 25.4. The van der Waals surface area contributed by atoms with Crippen LogP contribution in [-0.4, -0.2) is 38.7 Å². The van der Waals surface area contributed by atoms with Crippen molar-refractivity contribution in [3.63, 3.8) is 0 Å². The molecule has 8 nitrogen and oxygen atoms in total. The Morgan fingerprint density at radius 1 is 0.917 bits per heavy atom. The second-order valence-electron chi connectivity index (χ2n) is 7.65. The average molecular weight is 568 g/mol. The van der Waals surface area contributed by atoms with E-state index in [9.17, 15) is 18.0 Å². The standard InChI is InChI=1S/C24H21Cl3N4O4S/c1-15(16-5-4-8-19(12-16)28-24(33)17-6-3-7-18(25)11-17)29-30-23(32)14-31(36(2,34)35)20-9-10-21(26)22(27)13-20/h3-13H,14H2,1-2H3,(H,28,33)(H,30,32)/b29-15+. The van der Waals surface area contributed by atoms with Gasteiger partial charge in [0.15, 0.2) is 0 Å². The number of halogens is 3. The molecule has 0 aliphatic heterocycles. The minimum atomic E-state index is -3.80. The van der Waals surface area contributed by atoms with Gasteiger partial charge in [0.05, 0.1) is 27.7 Å². The van der Waals surface area contributed by atoms with E-state index in [1.54, 1.807) is 55.5 Å². The summed E-state index contributed by atoms with van der Waals surface area (Å²) in [7, 11) is -3.80. The third kappa shape index (κ3) is 7.44. The van der Waals surface area contributed by atoms with E-state index in [1.165, 1.54) is 18.2 Å². The highest BCUT2D eigenvalue weighted by atomic mass is 35.5. The molecule has 188 valence electrons. The summed E-state index contributed by atoms with van der Waals surface area (Å²) in [6, 6.07) is 17.7. The molecule has 12 heteroatoms. The van der Waals surface area contributed by atoms with Crippen molar-refractivity contribution in [2.45, 2.75) is 6.92 Å². The van der Waals surface area contributed by atoms with E-state index in [2.05, 4.69) is 15.8 Å². The quantitative estimate of drug-likeness (QED) is 0.288. The predicted octanol–water partition coefficient (Wildman–Crippen LogP) is 5.21. The Morgan fingerprint density at radius 3 is 2.28 bits per heavy atom. The molecule has 36 heavy (non-hydrogen) atoms. The number of benzene rings is 3. The van der Waals surface area contributed by atoms with Crippen molar-refractivity contribution in [2.75, 3.05) is 22.4 Å². The highest BCUT2D eigenvalue weighted by Gasteiger charge is 2.21. The maximum atomic E-state index is 12.5. The molecule has 0 saturated carbocycles. The number of amides is 2. The van der Waals surface area contributed by atoms with E-state index in [1.807, 2.05) is 0 Å². The van der Waals surface area contributed by atoms with Gasteiger partial charge in [-0.15, -0.1) is 0 Å². The van der Waals surface area contributed by atoms with E-state index in [0.29, 0.717) is 27.5 Å². The first-order valence-corrected chi connectivity index (χ1v) is 13.4. The van der Waals surface area contributed by atoms with E-state index >= 15 is 0 Å². The Hall–Kier alpha value is -3.11. The van der Waals surface area contributed by atoms with Crippen LogP contribution < -0.4 is 15.0 Å². The van der Waals surface area contributed by atoms with Crippen molar-refractivity contribution in [3.05, 3.63) is 92.9 Å². The molecule has 0 atom stereocenters. The smallest absolute Gasteiger partial charge is 0.260 e. The first kappa shape index (κ1) is 27.5. The summed E-state index contributed by atoms with van der Waals surface area (Å²) in [5.41, 5.74) is 4.52. The maximum absolute atomic E-state index is 12.5. The highest BCUT2D eigenvalue weighted by molar-refractivity contribution is 7.92. The molecule has 3 aromatic carbocycles. The van der Waals surface area contributed by atoms with Gasteiger partial charge in [0.1, 0.15) is 6.54 Å². The van der Waals surface area contributed by atoms with Crippen LogP contribution >= 0.6 is 34.8 Å². The molecule has 0 heterocycles. The van der Waals surface area contributed by atoms with Crippen molar-refractivity contribution >= 4 is 73.7 Å². The minimum absolute atomic E-state index is 0.152. The van der Waals surface area contributed by atoms with Crippen molar-refractivity contribution in [1.82, 2.24) is 5.43 Å². The topological polar surface area (TPSA) is 108 Å². The molecule has 0 fully saturated rings. The van der Waals surface area contributed by atoms with Crippen LogP contribution in [-0.2, 0) is 14.8 Å². The van der Waals surface area contributed by atoms with Crippen LogP contribution in [0, 0.1) is 0 Å². The van der Waals surface area contributed by atoms with Crippen LogP contribution in [0.15, 0.2) is 71.8 Å². The van der Waals surface area contributed by atoms with Gasteiger partial charge in [0.25, 0.3) is 11.8 Å². The third-order valence-electron chi connectivity index (χ3n) is 4.85.